The molecule has 3 heterocycles. The molecule has 0 radical (unpaired) electrons. The number of carbonyl (C=O) groups is 1. The van der Waals surface area contributed by atoms with Gasteiger partial charge < -0.3 is 29.7 Å². The van der Waals surface area contributed by atoms with Crippen LogP contribution < -0.4 is 25.2 Å². The predicted molar refractivity (Wildman–Crippen MR) is 169 cm³/mol. The van der Waals surface area contributed by atoms with Crippen molar-refractivity contribution in [3.05, 3.63) is 96.6 Å². The number of hydrogen-bond acceptors (Lipinski definition) is 5. The van der Waals surface area contributed by atoms with Crippen molar-refractivity contribution in [2.75, 3.05) is 36.3 Å². The van der Waals surface area contributed by atoms with Crippen molar-refractivity contribution >= 4 is 40.3 Å². The molecule has 5 rings (SSSR count). The summed E-state index contributed by atoms with van der Waals surface area (Å²) in [5.74, 6) is 0.464. The van der Waals surface area contributed by atoms with E-state index in [0.717, 1.165) is 28.5 Å². The Labute approximate surface area is 247 Å². The molecular weight excluding hydrogens is 532 g/mol. The maximum absolute atomic E-state index is 12.7. The fourth-order valence-electron chi connectivity index (χ4n) is 4.96. The Balaban J connectivity index is 1.59. The third-order valence-electron chi connectivity index (χ3n) is 7.22. The number of thiocarbonyl (C=S) groups is 1. The number of hydrogen-bond donors (Lipinski definition) is 2. The Kier molecular flexibility index (Phi) is 7.73. The molecule has 2 N–H and O–H groups in total. The van der Waals surface area contributed by atoms with E-state index in [0.29, 0.717) is 16.5 Å². The lowest BCUT2D eigenvalue weighted by molar-refractivity contribution is -0.123. The highest BCUT2D eigenvalue weighted by Gasteiger charge is 2.42. The molecule has 2 aromatic heterocycles. The van der Waals surface area contributed by atoms with Crippen LogP contribution in [0.2, 0.25) is 0 Å². The lowest BCUT2D eigenvalue weighted by Gasteiger charge is -2.29. The minimum atomic E-state index is -0.540. The highest BCUT2D eigenvalue weighted by atomic mass is 32.1. The van der Waals surface area contributed by atoms with E-state index in [1.54, 1.807) is 13.3 Å². The third kappa shape index (κ3) is 5.63. The van der Waals surface area contributed by atoms with Gasteiger partial charge in [0.25, 0.3) is 0 Å². The summed E-state index contributed by atoms with van der Waals surface area (Å²) in [6.07, 6.45) is 3.87. The van der Waals surface area contributed by atoms with Crippen LogP contribution in [0.4, 0.5) is 17.1 Å². The van der Waals surface area contributed by atoms with E-state index in [1.807, 2.05) is 71.3 Å². The van der Waals surface area contributed by atoms with E-state index in [9.17, 15) is 4.79 Å². The molecule has 0 unspecified atom stereocenters. The van der Waals surface area contributed by atoms with E-state index < -0.39 is 5.41 Å². The van der Waals surface area contributed by atoms with Crippen LogP contribution in [0.25, 0.3) is 5.69 Å². The topological polar surface area (TPSA) is 74.7 Å². The SMILES string of the molecule is COc1cc(N2C(=S)N[C@H](c3ccccn3)[C@H]2c2cccn2-c2ccc(N(C)C)cc2)ccc1NC(=O)C(C)(C)C. The first-order chi connectivity index (χ1) is 19.6. The quantitative estimate of drug-likeness (QED) is 0.261. The number of nitrogens with zero attached hydrogens (tertiary/aromatic N) is 4. The molecule has 0 spiro atoms. The van der Waals surface area contributed by atoms with E-state index in [1.165, 1.54) is 0 Å². The van der Waals surface area contributed by atoms with E-state index in [-0.39, 0.29) is 18.0 Å². The maximum atomic E-state index is 12.7. The van der Waals surface area contributed by atoms with Crippen LogP contribution >= 0.6 is 12.2 Å². The van der Waals surface area contributed by atoms with Crippen molar-refractivity contribution in [3.63, 3.8) is 0 Å². The van der Waals surface area contributed by atoms with Gasteiger partial charge in [0.05, 0.1) is 24.5 Å². The smallest absolute Gasteiger partial charge is 0.229 e. The number of amides is 1. The standard InChI is InChI=1S/C32H36N6O2S/c1-32(2,3)30(39)34-24-17-16-23(20-27(24)40-6)38-29(28(35-31(38)41)25-10-7-8-18-33-25)26-11-9-19-37(26)22-14-12-21(13-15-22)36(4)5/h7-20,28-29H,1-6H3,(H,34,39)(H,35,41)/t28-,29-/m1/s1. The van der Waals surface area contributed by atoms with Gasteiger partial charge >= 0.3 is 0 Å². The first-order valence-corrected chi connectivity index (χ1v) is 13.9. The van der Waals surface area contributed by atoms with Crippen LogP contribution in [0.15, 0.2) is 85.2 Å². The van der Waals surface area contributed by atoms with Gasteiger partial charge in [-0.1, -0.05) is 26.8 Å². The molecule has 1 saturated heterocycles. The van der Waals surface area contributed by atoms with Crippen LogP contribution in [0, 0.1) is 5.41 Å². The van der Waals surface area contributed by atoms with Crippen molar-refractivity contribution in [1.29, 1.82) is 0 Å². The third-order valence-corrected chi connectivity index (χ3v) is 7.53. The van der Waals surface area contributed by atoms with Gasteiger partial charge in [-0.15, -0.1) is 0 Å². The minimum Gasteiger partial charge on any atom is -0.494 e. The van der Waals surface area contributed by atoms with Gasteiger partial charge in [0.2, 0.25) is 5.91 Å². The highest BCUT2D eigenvalue weighted by Crippen LogP contribution is 2.44. The molecule has 2 atom stereocenters. The average Bonchev–Trinajstić information content (AvgIpc) is 3.57. The van der Waals surface area contributed by atoms with Crippen LogP contribution in [0.1, 0.15) is 44.2 Å². The predicted octanol–water partition coefficient (Wildman–Crippen LogP) is 6.11. The Morgan fingerprint density at radius 2 is 1.76 bits per heavy atom. The molecule has 8 nitrogen and oxygen atoms in total. The molecule has 1 fully saturated rings. The van der Waals surface area contributed by atoms with Gasteiger partial charge in [0, 0.05) is 60.7 Å². The molecule has 41 heavy (non-hydrogen) atoms. The molecular formula is C32H36N6O2S. The second-order valence-electron chi connectivity index (χ2n) is 11.3. The van der Waals surface area contributed by atoms with Crippen molar-refractivity contribution in [3.8, 4) is 11.4 Å². The molecule has 1 aliphatic rings. The maximum Gasteiger partial charge on any atom is 0.229 e. The summed E-state index contributed by atoms with van der Waals surface area (Å²) < 4.78 is 7.92. The monoisotopic (exact) mass is 568 g/mol. The van der Waals surface area contributed by atoms with E-state index in [2.05, 4.69) is 72.6 Å². The number of ether oxygens (including phenoxy) is 1. The summed E-state index contributed by atoms with van der Waals surface area (Å²) in [4.78, 5) is 21.6. The number of rotatable bonds is 7. The van der Waals surface area contributed by atoms with Gasteiger partial charge in [-0.25, -0.2) is 0 Å². The Morgan fingerprint density at radius 3 is 2.39 bits per heavy atom. The first-order valence-electron chi connectivity index (χ1n) is 13.5. The highest BCUT2D eigenvalue weighted by molar-refractivity contribution is 7.80. The summed E-state index contributed by atoms with van der Waals surface area (Å²) in [5.41, 5.74) is 5.02. The van der Waals surface area contributed by atoms with Gasteiger partial charge in [-0.3, -0.25) is 9.78 Å². The Bertz CT molecular complexity index is 1540. The van der Waals surface area contributed by atoms with Crippen LogP contribution in [0.3, 0.4) is 0 Å². The largest absolute Gasteiger partial charge is 0.494 e. The molecule has 212 valence electrons. The van der Waals surface area contributed by atoms with Gasteiger partial charge in [-0.05, 0) is 72.9 Å². The molecule has 0 bridgehead atoms. The number of anilines is 3. The summed E-state index contributed by atoms with van der Waals surface area (Å²) in [5, 5.41) is 7.11. The molecule has 4 aromatic rings. The normalized spacial score (nSPS) is 16.8. The van der Waals surface area contributed by atoms with Crippen LogP contribution in [0.5, 0.6) is 5.75 Å². The summed E-state index contributed by atoms with van der Waals surface area (Å²) in [7, 11) is 5.67. The van der Waals surface area contributed by atoms with Crippen molar-refractivity contribution in [1.82, 2.24) is 14.9 Å². The number of carbonyl (C=O) groups excluding carboxylic acids is 1. The fourth-order valence-corrected chi connectivity index (χ4v) is 5.30. The zero-order chi connectivity index (χ0) is 29.3. The van der Waals surface area contributed by atoms with Crippen LogP contribution in [-0.2, 0) is 4.79 Å². The molecule has 2 aromatic carbocycles. The van der Waals surface area contributed by atoms with Crippen LogP contribution in [-0.4, -0.2) is 41.8 Å². The Hall–Kier alpha value is -4.37. The lowest BCUT2D eigenvalue weighted by Crippen LogP contribution is -2.30. The second kappa shape index (κ2) is 11.2. The molecule has 1 amide bonds. The zero-order valence-electron chi connectivity index (χ0n) is 24.3. The van der Waals surface area contributed by atoms with Gasteiger partial charge in [0.15, 0.2) is 5.11 Å². The number of methoxy groups -OCH3 is 1. The number of aromatic nitrogens is 2. The number of benzene rings is 2. The summed E-state index contributed by atoms with van der Waals surface area (Å²) in [6, 6.07) is 23.9. The molecule has 0 aliphatic carbocycles. The zero-order valence-corrected chi connectivity index (χ0v) is 25.1. The van der Waals surface area contributed by atoms with Gasteiger partial charge in [0.1, 0.15) is 11.8 Å². The number of pyridine rings is 1. The lowest BCUT2D eigenvalue weighted by atomic mass is 9.95. The van der Waals surface area contributed by atoms with Crippen molar-refractivity contribution < 1.29 is 9.53 Å². The van der Waals surface area contributed by atoms with E-state index in [4.69, 9.17) is 17.0 Å². The fraction of sp³-hybridized carbons (Fsp3) is 0.281. The average molecular weight is 569 g/mol. The van der Waals surface area contributed by atoms with Crippen molar-refractivity contribution in [2.24, 2.45) is 5.41 Å². The second-order valence-corrected chi connectivity index (χ2v) is 11.7. The van der Waals surface area contributed by atoms with Gasteiger partial charge in [-0.2, -0.15) is 0 Å². The number of nitrogens with one attached hydrogen (secondary N) is 2. The summed E-state index contributed by atoms with van der Waals surface area (Å²) in [6.45, 7) is 5.63. The Morgan fingerprint density at radius 1 is 1.02 bits per heavy atom. The van der Waals surface area contributed by atoms with Crippen molar-refractivity contribution in [2.45, 2.75) is 32.9 Å². The molecule has 0 saturated carbocycles. The minimum absolute atomic E-state index is 0.0897. The molecule has 1 aliphatic heterocycles. The molecule has 9 heteroatoms. The first kappa shape index (κ1) is 28.2. The van der Waals surface area contributed by atoms with E-state index >= 15 is 0 Å². The summed E-state index contributed by atoms with van der Waals surface area (Å²) >= 11 is 5.95.